The first-order chi connectivity index (χ1) is 16.1. The van der Waals surface area contributed by atoms with E-state index >= 15 is 0 Å². The summed E-state index contributed by atoms with van der Waals surface area (Å²) in [6.07, 6.45) is 1.92. The van der Waals surface area contributed by atoms with E-state index in [0.717, 1.165) is 17.5 Å². The smallest absolute Gasteiger partial charge is 0.353 e. The van der Waals surface area contributed by atoms with E-state index in [-0.39, 0.29) is 17.0 Å². The Balaban J connectivity index is 0.000000248. The molecule has 4 rings (SSSR count). The van der Waals surface area contributed by atoms with E-state index in [9.17, 15) is 13.2 Å². The summed E-state index contributed by atoms with van der Waals surface area (Å²) < 4.78 is 26.7. The molecule has 1 fully saturated rings. The number of rotatable bonds is 5. The molecule has 1 saturated heterocycles. The molecule has 1 spiro atoms. The van der Waals surface area contributed by atoms with E-state index in [1.807, 2.05) is 19.1 Å². The summed E-state index contributed by atoms with van der Waals surface area (Å²) in [5.41, 5.74) is 6.82. The van der Waals surface area contributed by atoms with Gasteiger partial charge in [0.15, 0.2) is 5.71 Å². The van der Waals surface area contributed by atoms with Crippen molar-refractivity contribution in [3.8, 4) is 0 Å². The third-order valence-electron chi connectivity index (χ3n) is 5.80. The Morgan fingerprint density at radius 2 is 1.79 bits per heavy atom. The van der Waals surface area contributed by atoms with Crippen molar-refractivity contribution in [1.82, 2.24) is 4.31 Å². The second-order valence-electron chi connectivity index (χ2n) is 8.30. The third kappa shape index (κ3) is 6.28. The number of nitrogens with zero attached hydrogens (tertiary/aromatic N) is 2. The largest absolute Gasteiger partial charge is 0.477 e. The van der Waals surface area contributed by atoms with Gasteiger partial charge in [0.25, 0.3) is 0 Å². The van der Waals surface area contributed by atoms with Crippen LogP contribution in [0.1, 0.15) is 30.4 Å². The minimum atomic E-state index is -3.53. The van der Waals surface area contributed by atoms with E-state index < -0.39 is 21.6 Å². The number of aliphatic carboxylic acids is 1. The summed E-state index contributed by atoms with van der Waals surface area (Å²) in [5, 5.41) is 13.8. The van der Waals surface area contributed by atoms with Crippen LogP contribution in [0.25, 0.3) is 0 Å². The van der Waals surface area contributed by atoms with Gasteiger partial charge in [-0.1, -0.05) is 52.1 Å². The molecule has 2 aromatic rings. The van der Waals surface area contributed by atoms with E-state index in [4.69, 9.17) is 38.9 Å². The lowest BCUT2D eigenvalue weighted by molar-refractivity contribution is -0.129. The number of aryl methyl sites for hydroxylation is 1. The highest BCUT2D eigenvalue weighted by atomic mass is 35.5. The van der Waals surface area contributed by atoms with Crippen LogP contribution in [0.3, 0.4) is 0 Å². The van der Waals surface area contributed by atoms with Crippen LogP contribution in [0.4, 0.5) is 0 Å². The number of carbonyl (C=O) groups is 1. The molecule has 2 aliphatic rings. The monoisotopic (exact) mass is 527 g/mol. The Kier molecular flexibility index (Phi) is 8.59. The van der Waals surface area contributed by atoms with E-state index in [0.29, 0.717) is 42.5 Å². The number of halogens is 2. The van der Waals surface area contributed by atoms with Crippen LogP contribution in [-0.2, 0) is 26.1 Å². The molecule has 0 bridgehead atoms. The van der Waals surface area contributed by atoms with Crippen LogP contribution < -0.4 is 5.73 Å². The average Bonchev–Trinajstić information content (AvgIpc) is 3.21. The standard InChI is InChI=1S/C15H18N2O5S.C8H9Cl2N/c1-11-2-4-12(5-3-11)23(20,21)17-8-6-15(7-9-17)10-13(14(18)19)16-22-15;9-7-2-1-6(3-4-11)5-8(7)10/h2-5H,6-10H2,1H3,(H,18,19);1-2,5H,3-4,11H2. The Hall–Kier alpha value is -2.17. The number of carboxylic acid groups (broad SMARTS) is 1. The Bertz CT molecular complexity index is 1160. The number of sulfonamides is 1. The maximum absolute atomic E-state index is 12.6. The zero-order valence-electron chi connectivity index (χ0n) is 18.7. The predicted molar refractivity (Wildman–Crippen MR) is 132 cm³/mol. The van der Waals surface area contributed by atoms with Gasteiger partial charge in [-0.25, -0.2) is 13.2 Å². The average molecular weight is 528 g/mol. The Labute approximate surface area is 209 Å². The predicted octanol–water partition coefficient (Wildman–Crippen LogP) is 3.87. The molecule has 184 valence electrons. The van der Waals surface area contributed by atoms with Crippen molar-refractivity contribution in [2.24, 2.45) is 10.9 Å². The van der Waals surface area contributed by atoms with Crippen LogP contribution in [-0.4, -0.2) is 54.7 Å². The number of oxime groups is 1. The Morgan fingerprint density at radius 3 is 2.32 bits per heavy atom. The highest BCUT2D eigenvalue weighted by Gasteiger charge is 2.45. The van der Waals surface area contributed by atoms with Gasteiger partial charge in [0.05, 0.1) is 14.9 Å². The van der Waals surface area contributed by atoms with Crippen LogP contribution >= 0.6 is 23.2 Å². The van der Waals surface area contributed by atoms with Gasteiger partial charge in [-0.05, 0) is 49.7 Å². The number of benzene rings is 2. The fourth-order valence-corrected chi connectivity index (χ4v) is 5.52. The topological polar surface area (TPSA) is 122 Å². The second-order valence-corrected chi connectivity index (χ2v) is 11.1. The molecule has 0 aliphatic carbocycles. The third-order valence-corrected chi connectivity index (χ3v) is 8.45. The lowest BCUT2D eigenvalue weighted by atomic mass is 9.88. The first-order valence-corrected chi connectivity index (χ1v) is 12.9. The highest BCUT2D eigenvalue weighted by Crippen LogP contribution is 2.36. The molecule has 0 amide bonds. The second kappa shape index (κ2) is 11.0. The molecular formula is C23H27Cl2N3O5S. The molecule has 3 N–H and O–H groups in total. The lowest BCUT2D eigenvalue weighted by Crippen LogP contribution is -2.47. The van der Waals surface area contributed by atoms with Crippen LogP contribution in [0.2, 0.25) is 10.0 Å². The van der Waals surface area contributed by atoms with Gasteiger partial charge >= 0.3 is 5.97 Å². The van der Waals surface area contributed by atoms with Gasteiger partial charge in [0.1, 0.15) is 5.60 Å². The fraction of sp³-hybridized carbons (Fsp3) is 0.391. The summed E-state index contributed by atoms with van der Waals surface area (Å²) in [7, 11) is -3.53. The van der Waals surface area contributed by atoms with Gasteiger partial charge in [-0.3, -0.25) is 0 Å². The van der Waals surface area contributed by atoms with Gasteiger partial charge in [0.2, 0.25) is 10.0 Å². The minimum Gasteiger partial charge on any atom is -0.477 e. The number of carboxylic acids is 1. The minimum absolute atomic E-state index is 0.000147. The normalized spacial score (nSPS) is 17.5. The quantitative estimate of drug-likeness (QED) is 0.608. The number of hydrogen-bond acceptors (Lipinski definition) is 6. The molecule has 2 heterocycles. The number of nitrogens with two attached hydrogens (primary N) is 1. The van der Waals surface area contributed by atoms with Crippen LogP contribution in [0.5, 0.6) is 0 Å². The first kappa shape index (κ1) is 26.4. The van der Waals surface area contributed by atoms with Crippen LogP contribution in [0.15, 0.2) is 52.5 Å². The molecule has 0 aromatic heterocycles. The van der Waals surface area contributed by atoms with Crippen molar-refractivity contribution in [2.75, 3.05) is 19.6 Å². The van der Waals surface area contributed by atoms with Crippen molar-refractivity contribution >= 4 is 44.9 Å². The number of piperidine rings is 1. The highest BCUT2D eigenvalue weighted by molar-refractivity contribution is 7.89. The molecule has 0 saturated carbocycles. The van der Waals surface area contributed by atoms with Gasteiger partial charge in [-0.15, -0.1) is 0 Å². The summed E-state index contributed by atoms with van der Waals surface area (Å²) in [6, 6.07) is 12.3. The summed E-state index contributed by atoms with van der Waals surface area (Å²) in [5.74, 6) is -1.09. The van der Waals surface area contributed by atoms with Gasteiger partial charge < -0.3 is 15.7 Å². The molecule has 2 aliphatic heterocycles. The summed E-state index contributed by atoms with van der Waals surface area (Å²) in [4.78, 5) is 16.5. The van der Waals surface area contributed by atoms with E-state index in [1.165, 1.54) is 4.31 Å². The molecule has 34 heavy (non-hydrogen) atoms. The molecule has 0 radical (unpaired) electrons. The van der Waals surface area contributed by atoms with Crippen molar-refractivity contribution in [3.63, 3.8) is 0 Å². The lowest BCUT2D eigenvalue weighted by Gasteiger charge is -2.36. The van der Waals surface area contributed by atoms with E-state index in [1.54, 1.807) is 30.3 Å². The molecular weight excluding hydrogens is 501 g/mol. The van der Waals surface area contributed by atoms with Gasteiger partial charge in [-0.2, -0.15) is 4.31 Å². The maximum Gasteiger partial charge on any atom is 0.353 e. The maximum atomic E-state index is 12.6. The Morgan fingerprint density at radius 1 is 1.15 bits per heavy atom. The number of hydrogen-bond donors (Lipinski definition) is 2. The summed E-state index contributed by atoms with van der Waals surface area (Å²) >= 11 is 11.5. The molecule has 0 atom stereocenters. The zero-order chi connectivity index (χ0) is 24.9. The molecule has 0 unspecified atom stereocenters. The first-order valence-electron chi connectivity index (χ1n) is 10.8. The molecule has 11 heteroatoms. The SMILES string of the molecule is Cc1ccc(S(=O)(=O)N2CCC3(CC2)CC(C(=O)O)=NO3)cc1.NCCc1ccc(Cl)c(Cl)c1. The van der Waals surface area contributed by atoms with E-state index in [2.05, 4.69) is 5.16 Å². The summed E-state index contributed by atoms with van der Waals surface area (Å²) in [6.45, 7) is 3.12. The zero-order valence-corrected chi connectivity index (χ0v) is 21.0. The van der Waals surface area contributed by atoms with Crippen molar-refractivity contribution in [3.05, 3.63) is 63.6 Å². The van der Waals surface area contributed by atoms with Crippen molar-refractivity contribution < 1.29 is 23.2 Å². The molecule has 8 nitrogen and oxygen atoms in total. The van der Waals surface area contributed by atoms with Crippen molar-refractivity contribution in [2.45, 2.75) is 43.1 Å². The fourth-order valence-electron chi connectivity index (χ4n) is 3.76. The van der Waals surface area contributed by atoms with Crippen LogP contribution in [0, 0.1) is 6.92 Å². The molecule has 2 aromatic carbocycles. The van der Waals surface area contributed by atoms with Gasteiger partial charge in [0, 0.05) is 32.4 Å². The van der Waals surface area contributed by atoms with Crippen molar-refractivity contribution in [1.29, 1.82) is 0 Å².